The van der Waals surface area contributed by atoms with Crippen LogP contribution in [0, 0.1) is 0 Å². The zero-order valence-electron chi connectivity index (χ0n) is 12.1. The standard InChI is InChI=1S/C14H21BrN2O3S/c1-2-16-9-11-5-6-14(13(15)8-11)21(18,19)17-12-4-3-7-20-10-12/h5-6,8,12,16-17H,2-4,7,9-10H2,1H3. The smallest absolute Gasteiger partial charge is 0.242 e. The first kappa shape index (κ1) is 16.9. The van der Waals surface area contributed by atoms with Gasteiger partial charge in [0.1, 0.15) is 0 Å². The lowest BCUT2D eigenvalue weighted by molar-refractivity contribution is 0.0774. The molecule has 1 aliphatic heterocycles. The highest BCUT2D eigenvalue weighted by Crippen LogP contribution is 2.24. The molecular weight excluding hydrogens is 356 g/mol. The Labute approximate surface area is 134 Å². The summed E-state index contributed by atoms with van der Waals surface area (Å²) in [5.74, 6) is 0. The van der Waals surface area contributed by atoms with Crippen LogP contribution in [-0.2, 0) is 21.3 Å². The van der Waals surface area contributed by atoms with Gasteiger partial charge in [-0.3, -0.25) is 0 Å². The molecule has 1 aromatic carbocycles. The van der Waals surface area contributed by atoms with Crippen LogP contribution in [0.1, 0.15) is 25.3 Å². The molecule has 1 saturated heterocycles. The summed E-state index contributed by atoms with van der Waals surface area (Å²) in [5.41, 5.74) is 1.05. The van der Waals surface area contributed by atoms with E-state index in [-0.39, 0.29) is 10.9 Å². The largest absolute Gasteiger partial charge is 0.380 e. The van der Waals surface area contributed by atoms with Crippen LogP contribution in [0.4, 0.5) is 0 Å². The van der Waals surface area contributed by atoms with E-state index >= 15 is 0 Å². The predicted octanol–water partition coefficient (Wildman–Crippen LogP) is 2.02. The van der Waals surface area contributed by atoms with Crippen molar-refractivity contribution in [1.29, 1.82) is 0 Å². The van der Waals surface area contributed by atoms with Gasteiger partial charge in [-0.1, -0.05) is 13.0 Å². The molecule has 0 bridgehead atoms. The van der Waals surface area contributed by atoms with Crippen molar-refractivity contribution in [2.24, 2.45) is 0 Å². The molecular formula is C14H21BrN2O3S. The van der Waals surface area contributed by atoms with Crippen LogP contribution < -0.4 is 10.0 Å². The lowest BCUT2D eigenvalue weighted by Gasteiger charge is -2.23. The van der Waals surface area contributed by atoms with Crippen molar-refractivity contribution >= 4 is 26.0 Å². The molecule has 21 heavy (non-hydrogen) atoms. The van der Waals surface area contributed by atoms with Crippen LogP contribution in [0.5, 0.6) is 0 Å². The van der Waals surface area contributed by atoms with Gasteiger partial charge in [0.05, 0.1) is 11.5 Å². The zero-order chi connectivity index (χ0) is 15.3. The molecule has 1 aromatic rings. The molecule has 0 aliphatic carbocycles. The van der Waals surface area contributed by atoms with Crippen molar-refractivity contribution in [2.45, 2.75) is 37.2 Å². The maximum atomic E-state index is 12.4. The molecule has 0 saturated carbocycles. The van der Waals surface area contributed by atoms with Gasteiger partial charge >= 0.3 is 0 Å². The number of halogens is 1. The first-order valence-electron chi connectivity index (χ1n) is 7.12. The number of hydrogen-bond acceptors (Lipinski definition) is 4. The van der Waals surface area contributed by atoms with Crippen molar-refractivity contribution in [3.63, 3.8) is 0 Å². The van der Waals surface area contributed by atoms with Gasteiger partial charge in [0.15, 0.2) is 0 Å². The normalized spacial score (nSPS) is 19.6. The number of sulfonamides is 1. The fourth-order valence-corrected chi connectivity index (χ4v) is 4.64. The second-order valence-electron chi connectivity index (χ2n) is 5.08. The Balaban J connectivity index is 2.11. The van der Waals surface area contributed by atoms with Gasteiger partial charge in [0.25, 0.3) is 0 Å². The van der Waals surface area contributed by atoms with Crippen LogP contribution in [0.25, 0.3) is 0 Å². The van der Waals surface area contributed by atoms with Gasteiger partial charge in [-0.05, 0) is 53.0 Å². The van der Waals surface area contributed by atoms with Crippen LogP contribution in [0.15, 0.2) is 27.6 Å². The Morgan fingerprint density at radius 1 is 1.43 bits per heavy atom. The average Bonchev–Trinajstić information content (AvgIpc) is 2.45. The summed E-state index contributed by atoms with van der Waals surface area (Å²) in [4.78, 5) is 0.272. The lowest BCUT2D eigenvalue weighted by Crippen LogP contribution is -2.40. The molecule has 2 N–H and O–H groups in total. The van der Waals surface area contributed by atoms with Gasteiger partial charge in [0.2, 0.25) is 10.0 Å². The predicted molar refractivity (Wildman–Crippen MR) is 85.7 cm³/mol. The van der Waals surface area contributed by atoms with Crippen molar-refractivity contribution in [3.05, 3.63) is 28.2 Å². The Morgan fingerprint density at radius 2 is 2.24 bits per heavy atom. The highest BCUT2D eigenvalue weighted by molar-refractivity contribution is 9.10. The molecule has 118 valence electrons. The number of benzene rings is 1. The summed E-state index contributed by atoms with van der Waals surface area (Å²) in [6, 6.07) is 5.17. The highest BCUT2D eigenvalue weighted by Gasteiger charge is 2.24. The van der Waals surface area contributed by atoms with Gasteiger partial charge in [-0.25, -0.2) is 13.1 Å². The van der Waals surface area contributed by atoms with E-state index in [0.29, 0.717) is 17.7 Å². The zero-order valence-corrected chi connectivity index (χ0v) is 14.5. The molecule has 0 aromatic heterocycles. The van der Waals surface area contributed by atoms with Crippen molar-refractivity contribution < 1.29 is 13.2 Å². The minimum absolute atomic E-state index is 0.142. The van der Waals surface area contributed by atoms with Crippen LogP contribution in [0.2, 0.25) is 0 Å². The van der Waals surface area contributed by atoms with E-state index in [1.54, 1.807) is 6.07 Å². The third-order valence-electron chi connectivity index (χ3n) is 3.35. The SMILES string of the molecule is CCNCc1ccc(S(=O)(=O)NC2CCCOC2)c(Br)c1. The Bertz CT molecular complexity index is 572. The van der Waals surface area contributed by atoms with E-state index in [2.05, 4.69) is 26.0 Å². The van der Waals surface area contributed by atoms with E-state index in [1.165, 1.54) is 0 Å². The van der Waals surface area contributed by atoms with E-state index in [0.717, 1.165) is 31.5 Å². The number of hydrogen-bond donors (Lipinski definition) is 2. The fraction of sp³-hybridized carbons (Fsp3) is 0.571. The molecule has 1 aliphatic rings. The molecule has 2 rings (SSSR count). The van der Waals surface area contributed by atoms with Gasteiger partial charge in [0, 0.05) is 23.7 Å². The van der Waals surface area contributed by atoms with Gasteiger partial charge in [-0.15, -0.1) is 0 Å². The lowest BCUT2D eigenvalue weighted by atomic mass is 10.1. The van der Waals surface area contributed by atoms with Crippen molar-refractivity contribution in [2.75, 3.05) is 19.8 Å². The summed E-state index contributed by atoms with van der Waals surface area (Å²) >= 11 is 3.36. The Morgan fingerprint density at radius 3 is 2.86 bits per heavy atom. The first-order valence-corrected chi connectivity index (χ1v) is 9.40. The third-order valence-corrected chi connectivity index (χ3v) is 5.84. The fourth-order valence-electron chi connectivity index (χ4n) is 2.26. The molecule has 0 spiro atoms. The first-order chi connectivity index (χ1) is 10.0. The molecule has 5 nitrogen and oxygen atoms in total. The Hall–Kier alpha value is -0.470. The highest BCUT2D eigenvalue weighted by atomic mass is 79.9. The average molecular weight is 377 g/mol. The van der Waals surface area contributed by atoms with E-state index in [4.69, 9.17) is 4.74 Å². The van der Waals surface area contributed by atoms with E-state index < -0.39 is 10.0 Å². The Kier molecular flexibility index (Phi) is 6.19. The summed E-state index contributed by atoms with van der Waals surface area (Å²) in [6.07, 6.45) is 1.70. The molecule has 0 radical (unpaired) electrons. The second kappa shape index (κ2) is 7.69. The molecule has 1 fully saturated rings. The van der Waals surface area contributed by atoms with Gasteiger partial charge in [-0.2, -0.15) is 0 Å². The third kappa shape index (κ3) is 4.75. The summed E-state index contributed by atoms with van der Waals surface area (Å²) in [5, 5.41) is 3.21. The maximum absolute atomic E-state index is 12.4. The summed E-state index contributed by atoms with van der Waals surface area (Å²) < 4.78 is 33.5. The van der Waals surface area contributed by atoms with Crippen molar-refractivity contribution in [1.82, 2.24) is 10.0 Å². The van der Waals surface area contributed by atoms with E-state index in [9.17, 15) is 8.42 Å². The number of rotatable bonds is 6. The number of ether oxygens (including phenoxy) is 1. The minimum atomic E-state index is -3.53. The molecule has 1 unspecified atom stereocenters. The summed E-state index contributed by atoms with van der Waals surface area (Å²) in [6.45, 7) is 4.78. The monoisotopic (exact) mass is 376 g/mol. The number of nitrogens with one attached hydrogen (secondary N) is 2. The van der Waals surface area contributed by atoms with Crippen LogP contribution in [-0.4, -0.2) is 34.2 Å². The van der Waals surface area contributed by atoms with Crippen molar-refractivity contribution in [3.8, 4) is 0 Å². The molecule has 7 heteroatoms. The molecule has 1 atom stereocenters. The van der Waals surface area contributed by atoms with Gasteiger partial charge < -0.3 is 10.1 Å². The minimum Gasteiger partial charge on any atom is -0.380 e. The van der Waals surface area contributed by atoms with Crippen LogP contribution in [0.3, 0.4) is 0 Å². The molecule has 1 heterocycles. The quantitative estimate of drug-likeness (QED) is 0.796. The maximum Gasteiger partial charge on any atom is 0.242 e. The van der Waals surface area contributed by atoms with Crippen LogP contribution >= 0.6 is 15.9 Å². The second-order valence-corrected chi connectivity index (χ2v) is 7.62. The molecule has 0 amide bonds. The van der Waals surface area contributed by atoms with E-state index in [1.807, 2.05) is 19.1 Å². The summed E-state index contributed by atoms with van der Waals surface area (Å²) in [7, 11) is -3.53. The topological polar surface area (TPSA) is 67.4 Å².